The molecule has 0 radical (unpaired) electrons. The van der Waals surface area contributed by atoms with Crippen molar-refractivity contribution in [1.29, 1.82) is 0 Å². The van der Waals surface area contributed by atoms with Gasteiger partial charge in [-0.2, -0.15) is 0 Å². The Morgan fingerprint density at radius 1 is 1.17 bits per heavy atom. The van der Waals surface area contributed by atoms with Gasteiger partial charge in [0, 0.05) is 5.92 Å². The summed E-state index contributed by atoms with van der Waals surface area (Å²) in [5, 5.41) is 0. The third-order valence-electron chi connectivity index (χ3n) is 2.27. The molecule has 0 amide bonds. The van der Waals surface area contributed by atoms with Crippen molar-refractivity contribution in [2.75, 3.05) is 0 Å². The molecule has 0 fully saturated rings. The van der Waals surface area contributed by atoms with Crippen LogP contribution < -0.4 is 0 Å². The van der Waals surface area contributed by atoms with E-state index in [1.165, 1.54) is 5.57 Å². The number of allylic oxidation sites excluding steroid dienone is 6. The van der Waals surface area contributed by atoms with Gasteiger partial charge in [0.05, 0.1) is 0 Å². The zero-order valence-electron chi connectivity index (χ0n) is 8.46. The van der Waals surface area contributed by atoms with E-state index in [4.69, 9.17) is 0 Å². The van der Waals surface area contributed by atoms with Crippen LogP contribution in [0.4, 0.5) is 0 Å². The minimum absolute atomic E-state index is 0.266. The van der Waals surface area contributed by atoms with Gasteiger partial charge in [-0.15, -0.1) is 0 Å². The van der Waals surface area contributed by atoms with E-state index in [0.717, 1.165) is 0 Å². The van der Waals surface area contributed by atoms with Crippen LogP contribution in [-0.2, 0) is 0 Å². The van der Waals surface area contributed by atoms with E-state index >= 15 is 0 Å². The van der Waals surface area contributed by atoms with Gasteiger partial charge in [-0.1, -0.05) is 49.8 Å². The fourth-order valence-corrected chi connectivity index (χ4v) is 1.77. The summed E-state index contributed by atoms with van der Waals surface area (Å²) in [4.78, 5) is 0. The first kappa shape index (κ1) is 9.31. The summed E-state index contributed by atoms with van der Waals surface area (Å²) in [6.07, 6.45) is 11.1. The molecular weight excluding hydrogens is 144 g/mol. The molecule has 0 N–H and O–H groups in total. The normalized spacial score (nSPS) is 17.0. The van der Waals surface area contributed by atoms with Crippen molar-refractivity contribution in [2.45, 2.75) is 27.7 Å². The summed E-state index contributed by atoms with van der Waals surface area (Å²) < 4.78 is 0. The molecule has 1 aliphatic carbocycles. The maximum Gasteiger partial charge on any atom is 0.00386 e. The summed E-state index contributed by atoms with van der Waals surface area (Å²) >= 11 is 0. The monoisotopic (exact) mass is 162 g/mol. The van der Waals surface area contributed by atoms with Gasteiger partial charge in [-0.25, -0.2) is 0 Å². The van der Waals surface area contributed by atoms with Crippen LogP contribution in [0.15, 0.2) is 36.0 Å². The van der Waals surface area contributed by atoms with E-state index in [1.54, 1.807) is 0 Å². The smallest absolute Gasteiger partial charge is 0.00386 e. The average molecular weight is 162 g/mol. The maximum absolute atomic E-state index is 2.34. The van der Waals surface area contributed by atoms with E-state index in [2.05, 4.69) is 58.1 Å². The molecule has 0 saturated carbocycles. The van der Waals surface area contributed by atoms with E-state index in [-0.39, 0.29) is 5.41 Å². The lowest BCUT2D eigenvalue weighted by atomic mass is 9.78. The SMILES string of the molecule is CC(C)=CC(C)(C)C1C=CC=C1. The largest absolute Gasteiger partial charge is 0.0799 e. The number of hydrogen-bond donors (Lipinski definition) is 0. The van der Waals surface area contributed by atoms with E-state index in [1.807, 2.05) is 0 Å². The minimum Gasteiger partial charge on any atom is -0.0799 e. The van der Waals surface area contributed by atoms with Crippen LogP contribution >= 0.6 is 0 Å². The van der Waals surface area contributed by atoms with Crippen LogP contribution in [0.25, 0.3) is 0 Å². The van der Waals surface area contributed by atoms with Gasteiger partial charge in [-0.05, 0) is 19.3 Å². The van der Waals surface area contributed by atoms with Gasteiger partial charge in [0.1, 0.15) is 0 Å². The Hall–Kier alpha value is -0.780. The fourth-order valence-electron chi connectivity index (χ4n) is 1.77. The lowest BCUT2D eigenvalue weighted by Gasteiger charge is -2.26. The predicted molar refractivity (Wildman–Crippen MR) is 55.0 cm³/mol. The first-order chi connectivity index (χ1) is 5.52. The Morgan fingerprint density at radius 3 is 2.08 bits per heavy atom. The summed E-state index contributed by atoms with van der Waals surface area (Å²) in [6, 6.07) is 0. The quantitative estimate of drug-likeness (QED) is 0.543. The van der Waals surface area contributed by atoms with Gasteiger partial charge in [0.2, 0.25) is 0 Å². The van der Waals surface area contributed by atoms with E-state index < -0.39 is 0 Å². The molecular formula is C12H18. The molecule has 0 atom stereocenters. The molecule has 0 aliphatic heterocycles. The highest BCUT2D eigenvalue weighted by atomic mass is 14.3. The molecule has 12 heavy (non-hydrogen) atoms. The van der Waals surface area contributed by atoms with Crippen LogP contribution in [0.3, 0.4) is 0 Å². The van der Waals surface area contributed by atoms with Gasteiger partial charge < -0.3 is 0 Å². The minimum atomic E-state index is 0.266. The van der Waals surface area contributed by atoms with Crippen LogP contribution in [-0.4, -0.2) is 0 Å². The van der Waals surface area contributed by atoms with Gasteiger partial charge >= 0.3 is 0 Å². The van der Waals surface area contributed by atoms with E-state index in [0.29, 0.717) is 5.92 Å². The van der Waals surface area contributed by atoms with Crippen molar-refractivity contribution in [1.82, 2.24) is 0 Å². The second kappa shape index (κ2) is 3.30. The zero-order chi connectivity index (χ0) is 9.19. The summed E-state index contributed by atoms with van der Waals surface area (Å²) in [7, 11) is 0. The first-order valence-corrected chi connectivity index (χ1v) is 4.53. The molecule has 0 bridgehead atoms. The number of hydrogen-bond acceptors (Lipinski definition) is 0. The molecule has 66 valence electrons. The average Bonchev–Trinajstić information content (AvgIpc) is 2.32. The third-order valence-corrected chi connectivity index (χ3v) is 2.27. The van der Waals surface area contributed by atoms with Crippen molar-refractivity contribution in [2.24, 2.45) is 11.3 Å². The Balaban J connectivity index is 2.78. The number of rotatable bonds is 2. The topological polar surface area (TPSA) is 0 Å². The highest BCUT2D eigenvalue weighted by molar-refractivity contribution is 5.23. The lowest BCUT2D eigenvalue weighted by molar-refractivity contribution is 0.402. The Labute approximate surface area is 75.7 Å². The van der Waals surface area contributed by atoms with Crippen molar-refractivity contribution >= 4 is 0 Å². The standard InChI is InChI=1S/C12H18/c1-10(2)9-12(3,4)11-7-5-6-8-11/h5-9,11H,1-4H3. The molecule has 0 heteroatoms. The maximum atomic E-state index is 2.34. The second-order valence-electron chi connectivity index (χ2n) is 4.34. The predicted octanol–water partition coefficient (Wildman–Crippen LogP) is 3.72. The Morgan fingerprint density at radius 2 is 1.67 bits per heavy atom. The Bertz CT molecular complexity index is 223. The molecule has 1 aliphatic rings. The van der Waals surface area contributed by atoms with Crippen LogP contribution in [0.2, 0.25) is 0 Å². The van der Waals surface area contributed by atoms with Crippen molar-refractivity contribution in [3.8, 4) is 0 Å². The highest BCUT2D eigenvalue weighted by Crippen LogP contribution is 2.33. The van der Waals surface area contributed by atoms with Gasteiger partial charge in [-0.3, -0.25) is 0 Å². The van der Waals surface area contributed by atoms with E-state index in [9.17, 15) is 0 Å². The van der Waals surface area contributed by atoms with Crippen LogP contribution in [0.1, 0.15) is 27.7 Å². The molecule has 0 nitrogen and oxygen atoms in total. The van der Waals surface area contributed by atoms with Crippen LogP contribution in [0.5, 0.6) is 0 Å². The molecule has 0 aromatic heterocycles. The molecule has 1 rings (SSSR count). The van der Waals surface area contributed by atoms with Crippen molar-refractivity contribution < 1.29 is 0 Å². The summed E-state index contributed by atoms with van der Waals surface area (Å²) in [6.45, 7) is 8.88. The molecule has 0 saturated heterocycles. The first-order valence-electron chi connectivity index (χ1n) is 4.53. The molecule has 0 aromatic carbocycles. The summed E-state index contributed by atoms with van der Waals surface area (Å²) in [5.74, 6) is 0.576. The van der Waals surface area contributed by atoms with Crippen LogP contribution in [0, 0.1) is 11.3 Å². The van der Waals surface area contributed by atoms with Gasteiger partial charge in [0.25, 0.3) is 0 Å². The Kier molecular flexibility index (Phi) is 2.56. The second-order valence-corrected chi connectivity index (χ2v) is 4.34. The lowest BCUT2D eigenvalue weighted by Crippen LogP contribution is -2.17. The molecule has 0 heterocycles. The summed E-state index contributed by atoms with van der Waals surface area (Å²) in [5.41, 5.74) is 1.66. The highest BCUT2D eigenvalue weighted by Gasteiger charge is 2.23. The van der Waals surface area contributed by atoms with Crippen molar-refractivity contribution in [3.63, 3.8) is 0 Å². The zero-order valence-corrected chi connectivity index (χ0v) is 8.46. The van der Waals surface area contributed by atoms with Gasteiger partial charge in [0.15, 0.2) is 0 Å². The molecule has 0 spiro atoms. The molecule has 0 aromatic rings. The fraction of sp³-hybridized carbons (Fsp3) is 0.500. The van der Waals surface area contributed by atoms with Crippen molar-refractivity contribution in [3.05, 3.63) is 36.0 Å². The third kappa shape index (κ3) is 2.10. The molecule has 0 unspecified atom stereocenters.